The maximum atomic E-state index is 14.2. The number of aliphatic hydroxyl groups excluding tert-OH is 1. The summed E-state index contributed by atoms with van der Waals surface area (Å²) in [4.78, 5) is 0. The van der Waals surface area contributed by atoms with E-state index in [0.717, 1.165) is 19.4 Å². The van der Waals surface area contributed by atoms with Crippen molar-refractivity contribution < 1.29 is 19.0 Å². The number of hydrogen-bond donors (Lipinski definition) is 2. The maximum Gasteiger partial charge on any atom is 0.132 e. The van der Waals surface area contributed by atoms with Crippen molar-refractivity contribution in [2.75, 3.05) is 26.9 Å². The number of ether oxygens (including phenoxy) is 2. The molecular formula is C15H22FNO3. The first kappa shape index (κ1) is 15.2. The monoisotopic (exact) mass is 283 g/mol. The number of hydrogen-bond acceptors (Lipinski definition) is 4. The number of benzene rings is 1. The number of halogens is 1. The SMILES string of the molecule is COc1cccc(F)c1C(C)(CO)NCC1CCCO1. The van der Waals surface area contributed by atoms with E-state index in [0.29, 0.717) is 17.9 Å². The molecule has 2 atom stereocenters. The van der Waals surface area contributed by atoms with Gasteiger partial charge in [-0.2, -0.15) is 0 Å². The van der Waals surface area contributed by atoms with Crippen LogP contribution in [0, 0.1) is 5.82 Å². The van der Waals surface area contributed by atoms with Crippen LogP contribution in [0.2, 0.25) is 0 Å². The van der Waals surface area contributed by atoms with Crippen molar-refractivity contribution in [1.82, 2.24) is 5.32 Å². The van der Waals surface area contributed by atoms with Gasteiger partial charge in [0.1, 0.15) is 11.6 Å². The molecule has 0 aliphatic carbocycles. The zero-order valence-corrected chi connectivity index (χ0v) is 12.0. The average molecular weight is 283 g/mol. The van der Waals surface area contributed by atoms with Crippen LogP contribution >= 0.6 is 0 Å². The molecule has 0 aromatic heterocycles. The number of nitrogens with one attached hydrogen (secondary N) is 1. The Kier molecular flexibility index (Phi) is 4.96. The van der Waals surface area contributed by atoms with Gasteiger partial charge in [0.05, 0.1) is 30.9 Å². The van der Waals surface area contributed by atoms with Gasteiger partial charge in [0.2, 0.25) is 0 Å². The summed E-state index contributed by atoms with van der Waals surface area (Å²) in [6.07, 6.45) is 2.16. The lowest BCUT2D eigenvalue weighted by Gasteiger charge is -2.32. The van der Waals surface area contributed by atoms with E-state index in [2.05, 4.69) is 5.32 Å². The zero-order chi connectivity index (χ0) is 14.6. The molecule has 5 heteroatoms. The lowest BCUT2D eigenvalue weighted by molar-refractivity contribution is 0.0895. The fraction of sp³-hybridized carbons (Fsp3) is 0.600. The molecule has 20 heavy (non-hydrogen) atoms. The molecule has 1 aliphatic rings. The second-order valence-electron chi connectivity index (χ2n) is 5.32. The van der Waals surface area contributed by atoms with E-state index < -0.39 is 5.54 Å². The molecule has 4 nitrogen and oxygen atoms in total. The van der Waals surface area contributed by atoms with Crippen molar-refractivity contribution in [2.45, 2.75) is 31.4 Å². The van der Waals surface area contributed by atoms with Gasteiger partial charge in [-0.05, 0) is 31.9 Å². The standard InChI is InChI=1S/C15H22FNO3/c1-15(10-18,17-9-11-5-4-8-20-11)14-12(16)6-3-7-13(14)19-2/h3,6-7,11,17-18H,4-5,8-10H2,1-2H3. The Bertz CT molecular complexity index is 449. The summed E-state index contributed by atoms with van der Waals surface area (Å²) in [5.41, 5.74) is -0.550. The third-order valence-corrected chi connectivity index (χ3v) is 3.81. The molecule has 1 aromatic rings. The van der Waals surface area contributed by atoms with Crippen LogP contribution in [0.4, 0.5) is 4.39 Å². The summed E-state index contributed by atoms with van der Waals surface area (Å²) in [5.74, 6) is 0.0436. The molecule has 0 radical (unpaired) electrons. The number of rotatable bonds is 6. The highest BCUT2D eigenvalue weighted by Gasteiger charge is 2.33. The van der Waals surface area contributed by atoms with Crippen molar-refractivity contribution in [3.8, 4) is 5.75 Å². The van der Waals surface area contributed by atoms with Crippen molar-refractivity contribution >= 4 is 0 Å². The summed E-state index contributed by atoms with van der Waals surface area (Å²) < 4.78 is 24.9. The second-order valence-corrected chi connectivity index (χ2v) is 5.32. The Morgan fingerprint density at radius 1 is 1.55 bits per heavy atom. The zero-order valence-electron chi connectivity index (χ0n) is 12.0. The van der Waals surface area contributed by atoms with Gasteiger partial charge in [0.25, 0.3) is 0 Å². The van der Waals surface area contributed by atoms with Gasteiger partial charge in [0.15, 0.2) is 0 Å². The summed E-state index contributed by atoms with van der Waals surface area (Å²) in [7, 11) is 1.50. The minimum atomic E-state index is -0.900. The van der Waals surface area contributed by atoms with Gasteiger partial charge in [-0.15, -0.1) is 0 Å². The van der Waals surface area contributed by atoms with Crippen molar-refractivity contribution in [2.24, 2.45) is 0 Å². The lowest BCUT2D eigenvalue weighted by Crippen LogP contribution is -2.46. The first-order valence-electron chi connectivity index (χ1n) is 6.91. The molecule has 0 saturated carbocycles. The van der Waals surface area contributed by atoms with Crippen LogP contribution in [0.5, 0.6) is 5.75 Å². The third kappa shape index (κ3) is 3.11. The Balaban J connectivity index is 2.20. The molecule has 0 bridgehead atoms. The molecular weight excluding hydrogens is 261 g/mol. The molecule has 1 heterocycles. The molecule has 112 valence electrons. The molecule has 2 N–H and O–H groups in total. The Labute approximate surface area is 118 Å². The maximum absolute atomic E-state index is 14.2. The van der Waals surface area contributed by atoms with Gasteiger partial charge in [-0.1, -0.05) is 6.07 Å². The van der Waals surface area contributed by atoms with E-state index in [1.165, 1.54) is 13.2 Å². The first-order chi connectivity index (χ1) is 9.60. The Morgan fingerprint density at radius 2 is 2.35 bits per heavy atom. The highest BCUT2D eigenvalue weighted by molar-refractivity contribution is 5.40. The quantitative estimate of drug-likeness (QED) is 0.836. The molecule has 2 rings (SSSR count). The van der Waals surface area contributed by atoms with Gasteiger partial charge in [-0.3, -0.25) is 0 Å². The minimum absolute atomic E-state index is 0.124. The number of aliphatic hydroxyl groups is 1. The van der Waals surface area contributed by atoms with Crippen LogP contribution in [0.15, 0.2) is 18.2 Å². The molecule has 1 aromatic carbocycles. The van der Waals surface area contributed by atoms with Gasteiger partial charge >= 0.3 is 0 Å². The minimum Gasteiger partial charge on any atom is -0.496 e. The molecule has 0 amide bonds. The Morgan fingerprint density at radius 3 is 2.95 bits per heavy atom. The van der Waals surface area contributed by atoms with E-state index in [9.17, 15) is 9.50 Å². The van der Waals surface area contributed by atoms with Crippen LogP contribution in [0.3, 0.4) is 0 Å². The van der Waals surface area contributed by atoms with E-state index in [1.807, 2.05) is 0 Å². The highest BCUT2D eigenvalue weighted by atomic mass is 19.1. The van der Waals surface area contributed by atoms with Crippen LogP contribution in [0.1, 0.15) is 25.3 Å². The largest absolute Gasteiger partial charge is 0.496 e. The van der Waals surface area contributed by atoms with E-state index >= 15 is 0 Å². The van der Waals surface area contributed by atoms with Crippen molar-refractivity contribution in [3.05, 3.63) is 29.6 Å². The summed E-state index contributed by atoms with van der Waals surface area (Å²) in [6.45, 7) is 2.89. The Hall–Kier alpha value is -1.17. The van der Waals surface area contributed by atoms with Crippen LogP contribution in [-0.4, -0.2) is 38.1 Å². The summed E-state index contributed by atoms with van der Waals surface area (Å²) in [5, 5.41) is 13.0. The second kappa shape index (κ2) is 6.52. The molecule has 0 spiro atoms. The van der Waals surface area contributed by atoms with Crippen LogP contribution in [-0.2, 0) is 10.3 Å². The third-order valence-electron chi connectivity index (χ3n) is 3.81. The van der Waals surface area contributed by atoms with E-state index in [-0.39, 0.29) is 18.5 Å². The van der Waals surface area contributed by atoms with E-state index in [4.69, 9.17) is 9.47 Å². The normalized spacial score (nSPS) is 21.7. The average Bonchev–Trinajstić information content (AvgIpc) is 2.97. The van der Waals surface area contributed by atoms with Gasteiger partial charge in [0, 0.05) is 13.2 Å². The predicted molar refractivity (Wildman–Crippen MR) is 74.4 cm³/mol. The van der Waals surface area contributed by atoms with Gasteiger partial charge in [-0.25, -0.2) is 4.39 Å². The highest BCUT2D eigenvalue weighted by Crippen LogP contribution is 2.32. The fourth-order valence-corrected chi connectivity index (χ4v) is 2.58. The van der Waals surface area contributed by atoms with E-state index in [1.54, 1.807) is 19.1 Å². The summed E-state index contributed by atoms with van der Waals surface area (Å²) in [6, 6.07) is 4.66. The summed E-state index contributed by atoms with van der Waals surface area (Å²) >= 11 is 0. The van der Waals surface area contributed by atoms with Crippen molar-refractivity contribution in [3.63, 3.8) is 0 Å². The first-order valence-corrected chi connectivity index (χ1v) is 6.91. The van der Waals surface area contributed by atoms with Crippen molar-refractivity contribution in [1.29, 1.82) is 0 Å². The smallest absolute Gasteiger partial charge is 0.132 e. The molecule has 1 fully saturated rings. The van der Waals surface area contributed by atoms with Crippen LogP contribution in [0.25, 0.3) is 0 Å². The predicted octanol–water partition coefficient (Wildman–Crippen LogP) is 1.81. The molecule has 2 unspecified atom stereocenters. The molecule has 1 aliphatic heterocycles. The fourth-order valence-electron chi connectivity index (χ4n) is 2.58. The topological polar surface area (TPSA) is 50.7 Å². The van der Waals surface area contributed by atoms with Crippen LogP contribution < -0.4 is 10.1 Å². The van der Waals surface area contributed by atoms with Gasteiger partial charge < -0.3 is 19.9 Å². The molecule has 1 saturated heterocycles. The number of methoxy groups -OCH3 is 1. The lowest BCUT2D eigenvalue weighted by atomic mass is 9.91.